The SMILES string of the molecule is C1=CC2=CN3Cc4cccc(c4)CCc4cccc(c4)CN4C=C1N(C4)N2C3. The van der Waals surface area contributed by atoms with Crippen molar-refractivity contribution in [3.05, 3.63) is 107 Å². The van der Waals surface area contributed by atoms with E-state index in [1.807, 2.05) is 0 Å². The lowest BCUT2D eigenvalue weighted by Crippen LogP contribution is -2.43. The molecule has 0 aromatic heterocycles. The minimum Gasteiger partial charge on any atom is -0.352 e. The topological polar surface area (TPSA) is 13.0 Å². The standard InChI is InChI=1S/C24H24N4/c1-3-19-7-8-20-4-2-6-22(12-20)14-26-16-24-10-9-23-15-25(13-21(5-1)11-19)17-27(23)28(24)18-26/h1-6,9-12,15-16H,7-8,13-14,17-18H2. The van der Waals surface area contributed by atoms with E-state index in [1.165, 1.54) is 33.6 Å². The van der Waals surface area contributed by atoms with Crippen LogP contribution in [-0.2, 0) is 25.9 Å². The molecule has 28 heavy (non-hydrogen) atoms. The molecule has 4 aliphatic heterocycles. The first kappa shape index (κ1) is 15.9. The lowest BCUT2D eigenvalue weighted by molar-refractivity contribution is 0.0144. The lowest BCUT2D eigenvalue weighted by Gasteiger charge is -2.37. The quantitative estimate of drug-likeness (QED) is 0.701. The lowest BCUT2D eigenvalue weighted by atomic mass is 10.0. The molecule has 8 bridgehead atoms. The van der Waals surface area contributed by atoms with Gasteiger partial charge >= 0.3 is 0 Å². The molecule has 0 aliphatic carbocycles. The van der Waals surface area contributed by atoms with Gasteiger partial charge in [-0.1, -0.05) is 48.5 Å². The number of fused-ring (bicyclic) bond motifs is 6. The average Bonchev–Trinajstić information content (AvgIpc) is 3.29. The van der Waals surface area contributed by atoms with Gasteiger partial charge in [-0.15, -0.1) is 0 Å². The molecule has 0 amide bonds. The fraction of sp³-hybridized carbons (Fsp3) is 0.250. The zero-order valence-corrected chi connectivity index (χ0v) is 16.0. The summed E-state index contributed by atoms with van der Waals surface area (Å²) in [6.07, 6.45) is 11.3. The molecule has 2 aromatic rings. The van der Waals surface area contributed by atoms with Gasteiger partial charge in [-0.3, -0.25) is 10.0 Å². The van der Waals surface area contributed by atoms with Gasteiger partial charge in [-0.25, -0.2) is 0 Å². The molecule has 140 valence electrons. The van der Waals surface area contributed by atoms with Crippen molar-refractivity contribution < 1.29 is 0 Å². The second-order valence-electron chi connectivity index (χ2n) is 8.16. The van der Waals surface area contributed by atoms with Gasteiger partial charge in [0.25, 0.3) is 0 Å². The molecule has 0 atom stereocenters. The number of hydrogen-bond acceptors (Lipinski definition) is 4. The maximum Gasteiger partial charge on any atom is 0.110 e. The van der Waals surface area contributed by atoms with Gasteiger partial charge in [0.2, 0.25) is 0 Å². The Morgan fingerprint density at radius 2 is 1.04 bits per heavy atom. The van der Waals surface area contributed by atoms with Gasteiger partial charge in [-0.2, -0.15) is 0 Å². The number of rotatable bonds is 0. The molecule has 4 nitrogen and oxygen atoms in total. The first-order valence-corrected chi connectivity index (χ1v) is 10.1. The summed E-state index contributed by atoms with van der Waals surface area (Å²) in [5.74, 6) is 0. The van der Waals surface area contributed by atoms with E-state index in [-0.39, 0.29) is 0 Å². The maximum atomic E-state index is 2.42. The van der Waals surface area contributed by atoms with Gasteiger partial charge in [0.1, 0.15) is 13.3 Å². The molecule has 0 fully saturated rings. The maximum absolute atomic E-state index is 2.42. The van der Waals surface area contributed by atoms with E-state index in [2.05, 4.69) is 92.9 Å². The van der Waals surface area contributed by atoms with Crippen LogP contribution < -0.4 is 0 Å². The number of nitrogens with zero attached hydrogens (tertiary/aromatic N) is 4. The Hall–Kier alpha value is -3.14. The Morgan fingerprint density at radius 1 is 0.571 bits per heavy atom. The van der Waals surface area contributed by atoms with Crippen LogP contribution in [-0.4, -0.2) is 33.2 Å². The van der Waals surface area contributed by atoms with E-state index >= 15 is 0 Å². The molecule has 4 heteroatoms. The third kappa shape index (κ3) is 2.76. The number of aryl methyl sites for hydroxylation is 2. The van der Waals surface area contributed by atoms with Crippen LogP contribution in [0.5, 0.6) is 0 Å². The van der Waals surface area contributed by atoms with Gasteiger partial charge in [0, 0.05) is 25.5 Å². The summed E-state index contributed by atoms with van der Waals surface area (Å²) in [6.45, 7) is 3.72. The van der Waals surface area contributed by atoms with Crippen molar-refractivity contribution in [3.63, 3.8) is 0 Å². The fourth-order valence-corrected chi connectivity index (χ4v) is 4.67. The molecule has 4 heterocycles. The minimum atomic E-state index is 0.907. The van der Waals surface area contributed by atoms with Crippen LogP contribution in [0, 0.1) is 0 Å². The van der Waals surface area contributed by atoms with Gasteiger partial charge in [0.05, 0.1) is 11.4 Å². The van der Waals surface area contributed by atoms with E-state index < -0.39 is 0 Å². The summed E-state index contributed by atoms with van der Waals surface area (Å²) in [6, 6.07) is 18.2. The van der Waals surface area contributed by atoms with Gasteiger partial charge in [0.15, 0.2) is 0 Å². The summed E-state index contributed by atoms with van der Waals surface area (Å²) in [4.78, 5) is 4.83. The highest BCUT2D eigenvalue weighted by Crippen LogP contribution is 2.33. The summed E-state index contributed by atoms with van der Waals surface area (Å²) in [5, 5.41) is 4.80. The molecule has 0 N–H and O–H groups in total. The van der Waals surface area contributed by atoms with E-state index in [0.29, 0.717) is 0 Å². The van der Waals surface area contributed by atoms with E-state index in [9.17, 15) is 0 Å². The molecule has 0 radical (unpaired) electrons. The summed E-state index contributed by atoms with van der Waals surface area (Å²) in [7, 11) is 0. The van der Waals surface area contributed by atoms with Crippen LogP contribution in [0.25, 0.3) is 0 Å². The van der Waals surface area contributed by atoms with Crippen molar-refractivity contribution in [1.29, 1.82) is 0 Å². The zero-order chi connectivity index (χ0) is 18.5. The van der Waals surface area contributed by atoms with Crippen LogP contribution >= 0.6 is 0 Å². The second-order valence-corrected chi connectivity index (χ2v) is 8.16. The average molecular weight is 368 g/mol. The van der Waals surface area contributed by atoms with E-state index in [4.69, 9.17) is 0 Å². The smallest absolute Gasteiger partial charge is 0.110 e. The monoisotopic (exact) mass is 368 g/mol. The van der Waals surface area contributed by atoms with Crippen LogP contribution in [0.15, 0.2) is 84.5 Å². The first-order valence-electron chi connectivity index (χ1n) is 10.1. The third-order valence-corrected chi connectivity index (χ3v) is 6.03. The summed E-state index contributed by atoms with van der Waals surface area (Å²) in [5.41, 5.74) is 8.19. The number of hydrogen-bond donors (Lipinski definition) is 0. The van der Waals surface area contributed by atoms with Crippen molar-refractivity contribution in [2.45, 2.75) is 25.9 Å². The van der Waals surface area contributed by atoms with Crippen LogP contribution in [0.4, 0.5) is 0 Å². The molecule has 4 aliphatic rings. The highest BCUT2D eigenvalue weighted by atomic mass is 15.7. The molecule has 0 saturated heterocycles. The Kier molecular flexibility index (Phi) is 3.51. The predicted octanol–water partition coefficient (Wildman–Crippen LogP) is 3.80. The van der Waals surface area contributed by atoms with Crippen molar-refractivity contribution >= 4 is 0 Å². The fourth-order valence-electron chi connectivity index (χ4n) is 4.67. The normalized spacial score (nSPS) is 20.0. The first-order chi connectivity index (χ1) is 13.8. The van der Waals surface area contributed by atoms with Crippen molar-refractivity contribution in [3.8, 4) is 0 Å². The molecular weight excluding hydrogens is 344 g/mol. The van der Waals surface area contributed by atoms with E-state index in [1.54, 1.807) is 0 Å². The molecular formula is C24H24N4. The van der Waals surface area contributed by atoms with E-state index in [0.717, 1.165) is 39.3 Å². The predicted molar refractivity (Wildman–Crippen MR) is 110 cm³/mol. The Balaban J connectivity index is 1.39. The Morgan fingerprint density at radius 3 is 1.54 bits per heavy atom. The largest absolute Gasteiger partial charge is 0.352 e. The zero-order valence-electron chi connectivity index (χ0n) is 16.0. The molecule has 0 saturated carbocycles. The minimum absolute atomic E-state index is 0.907. The van der Waals surface area contributed by atoms with Gasteiger partial charge < -0.3 is 9.80 Å². The molecule has 0 spiro atoms. The number of benzene rings is 2. The molecule has 0 unspecified atom stereocenters. The van der Waals surface area contributed by atoms with Gasteiger partial charge in [-0.05, 0) is 47.2 Å². The molecule has 2 aromatic carbocycles. The Labute approximate surface area is 166 Å². The second kappa shape index (κ2) is 6.20. The number of hydrazine groups is 1. The highest BCUT2D eigenvalue weighted by molar-refractivity contribution is 5.35. The highest BCUT2D eigenvalue weighted by Gasteiger charge is 2.33. The van der Waals surface area contributed by atoms with Crippen molar-refractivity contribution in [2.24, 2.45) is 0 Å². The third-order valence-electron chi connectivity index (χ3n) is 6.03. The Bertz CT molecular complexity index is 937. The summed E-state index contributed by atoms with van der Waals surface area (Å²) >= 11 is 0. The van der Waals surface area contributed by atoms with Crippen molar-refractivity contribution in [2.75, 3.05) is 13.3 Å². The van der Waals surface area contributed by atoms with Crippen LogP contribution in [0.2, 0.25) is 0 Å². The van der Waals surface area contributed by atoms with Crippen molar-refractivity contribution in [1.82, 2.24) is 19.8 Å². The van der Waals surface area contributed by atoms with Crippen LogP contribution in [0.1, 0.15) is 22.3 Å². The number of allylic oxidation sites excluding steroid dienone is 2. The summed E-state index contributed by atoms with van der Waals surface area (Å²) < 4.78 is 0. The van der Waals surface area contributed by atoms with Crippen LogP contribution in [0.3, 0.4) is 0 Å². The molecule has 6 rings (SSSR count).